The van der Waals surface area contributed by atoms with E-state index in [1.807, 2.05) is 30.3 Å². The molecule has 3 rings (SSSR count). The van der Waals surface area contributed by atoms with E-state index in [4.69, 9.17) is 0 Å². The average Bonchev–Trinajstić information content (AvgIpc) is 3.08. The monoisotopic (exact) mass is 411 g/mol. The van der Waals surface area contributed by atoms with Crippen LogP contribution in [0.15, 0.2) is 35.2 Å². The second-order valence-electron chi connectivity index (χ2n) is 6.88. The van der Waals surface area contributed by atoms with Gasteiger partial charge in [-0.2, -0.15) is 0 Å². The number of carbonyl (C=O) groups is 2. The van der Waals surface area contributed by atoms with Crippen LogP contribution in [-0.2, 0) is 14.6 Å². The zero-order valence-electron chi connectivity index (χ0n) is 15.0. The van der Waals surface area contributed by atoms with Crippen LogP contribution in [0.4, 0.5) is 4.79 Å². The summed E-state index contributed by atoms with van der Waals surface area (Å²) in [4.78, 5) is 24.5. The summed E-state index contributed by atoms with van der Waals surface area (Å²) in [6.45, 7) is 0.608. The van der Waals surface area contributed by atoms with Crippen LogP contribution < -0.4 is 16.0 Å². The van der Waals surface area contributed by atoms with Crippen LogP contribution in [0.2, 0.25) is 0 Å². The molecule has 0 unspecified atom stereocenters. The lowest BCUT2D eigenvalue weighted by Crippen LogP contribution is -2.39. The van der Waals surface area contributed by atoms with E-state index in [9.17, 15) is 18.0 Å². The van der Waals surface area contributed by atoms with Crippen molar-refractivity contribution in [3.8, 4) is 0 Å². The van der Waals surface area contributed by atoms with Gasteiger partial charge in [0, 0.05) is 23.6 Å². The Balaban J connectivity index is 1.30. The fourth-order valence-corrected chi connectivity index (χ4v) is 6.66. The smallest absolute Gasteiger partial charge is 0.315 e. The van der Waals surface area contributed by atoms with Crippen molar-refractivity contribution in [1.29, 1.82) is 0 Å². The van der Waals surface area contributed by atoms with Gasteiger partial charge in [0.25, 0.3) is 0 Å². The Kier molecular flexibility index (Phi) is 6.64. The third-order valence-electron chi connectivity index (χ3n) is 4.90. The molecule has 3 atom stereocenters. The molecule has 0 bridgehead atoms. The van der Waals surface area contributed by atoms with Gasteiger partial charge in [0.15, 0.2) is 9.84 Å². The first-order valence-corrected chi connectivity index (χ1v) is 11.9. The Labute approximate surface area is 164 Å². The van der Waals surface area contributed by atoms with E-state index in [1.165, 1.54) is 4.90 Å². The minimum atomic E-state index is -3.19. The Morgan fingerprint density at radius 2 is 1.96 bits per heavy atom. The second kappa shape index (κ2) is 8.97. The Morgan fingerprint density at radius 3 is 2.74 bits per heavy atom. The number of sulfone groups is 1. The highest BCUT2D eigenvalue weighted by atomic mass is 32.2. The van der Waals surface area contributed by atoms with Crippen LogP contribution >= 0.6 is 11.8 Å². The average molecular weight is 412 g/mol. The van der Waals surface area contributed by atoms with Gasteiger partial charge in [-0.1, -0.05) is 24.6 Å². The van der Waals surface area contributed by atoms with Crippen molar-refractivity contribution < 1.29 is 18.0 Å². The summed E-state index contributed by atoms with van der Waals surface area (Å²) in [6, 6.07) is 9.07. The van der Waals surface area contributed by atoms with Crippen molar-refractivity contribution in [3.63, 3.8) is 0 Å². The van der Waals surface area contributed by atoms with E-state index < -0.39 is 15.1 Å². The summed E-state index contributed by atoms with van der Waals surface area (Å²) in [7, 11) is -3.19. The van der Waals surface area contributed by atoms with Crippen LogP contribution in [0, 0.1) is 0 Å². The summed E-state index contributed by atoms with van der Waals surface area (Å²) in [5, 5.41) is 7.71. The molecule has 2 heterocycles. The number of hydrogen-bond acceptors (Lipinski definition) is 5. The molecule has 2 saturated heterocycles. The second-order valence-corrected chi connectivity index (χ2v) is 10.3. The Bertz CT molecular complexity index is 770. The Morgan fingerprint density at radius 1 is 1.19 bits per heavy atom. The number of rotatable bonds is 9. The van der Waals surface area contributed by atoms with Gasteiger partial charge in [-0.05, 0) is 25.0 Å². The van der Waals surface area contributed by atoms with Crippen molar-refractivity contribution in [2.75, 3.05) is 18.1 Å². The van der Waals surface area contributed by atoms with Crippen LogP contribution in [0.1, 0.15) is 25.7 Å². The van der Waals surface area contributed by atoms with Crippen LogP contribution in [0.3, 0.4) is 0 Å². The topological polar surface area (TPSA) is 104 Å². The minimum absolute atomic E-state index is 0.000635. The highest BCUT2D eigenvalue weighted by Gasteiger charge is 2.51. The number of hydrogen-bond donors (Lipinski definition) is 3. The first-order valence-electron chi connectivity index (χ1n) is 9.19. The molecule has 1 aromatic rings. The number of nitrogens with one attached hydrogen (secondary N) is 3. The lowest BCUT2D eigenvalue weighted by Gasteiger charge is -2.16. The molecule has 27 heavy (non-hydrogen) atoms. The number of thioether (sulfide) groups is 1. The van der Waals surface area contributed by atoms with Gasteiger partial charge in [0.1, 0.15) is 0 Å². The first-order chi connectivity index (χ1) is 13.0. The molecule has 148 valence electrons. The highest BCUT2D eigenvalue weighted by molar-refractivity contribution is 7.99. The van der Waals surface area contributed by atoms with Gasteiger partial charge < -0.3 is 16.0 Å². The fraction of sp³-hybridized carbons (Fsp3) is 0.556. The van der Waals surface area contributed by atoms with Crippen molar-refractivity contribution in [2.45, 2.75) is 47.9 Å². The summed E-state index contributed by atoms with van der Waals surface area (Å²) in [5.74, 6) is 0.804. The van der Waals surface area contributed by atoms with E-state index in [-0.39, 0.29) is 29.8 Å². The van der Waals surface area contributed by atoms with Crippen molar-refractivity contribution in [1.82, 2.24) is 16.0 Å². The molecule has 7 nitrogen and oxygen atoms in total. The number of benzene rings is 1. The summed E-state index contributed by atoms with van der Waals surface area (Å²) in [6.07, 6.45) is 2.15. The van der Waals surface area contributed by atoms with Crippen LogP contribution in [-0.4, -0.2) is 55.7 Å². The van der Waals surface area contributed by atoms with E-state index in [2.05, 4.69) is 16.0 Å². The molecule has 0 spiro atoms. The third-order valence-corrected chi connectivity index (χ3v) is 8.19. The number of carbonyl (C=O) groups excluding carboxylic acids is 2. The predicted molar refractivity (Wildman–Crippen MR) is 105 cm³/mol. The van der Waals surface area contributed by atoms with Gasteiger partial charge in [0.05, 0.1) is 23.1 Å². The molecule has 0 aliphatic carbocycles. The summed E-state index contributed by atoms with van der Waals surface area (Å²) >= 11 is 1.69. The number of urea groups is 1. The number of unbranched alkanes of at least 4 members (excludes halogenated alkanes) is 1. The molecule has 2 aliphatic heterocycles. The van der Waals surface area contributed by atoms with E-state index in [0.717, 1.165) is 5.75 Å². The van der Waals surface area contributed by atoms with Crippen molar-refractivity contribution in [3.05, 3.63) is 30.3 Å². The highest BCUT2D eigenvalue weighted by Crippen LogP contribution is 2.28. The van der Waals surface area contributed by atoms with Crippen LogP contribution in [0.5, 0.6) is 0 Å². The van der Waals surface area contributed by atoms with E-state index in [0.29, 0.717) is 32.2 Å². The Hall–Kier alpha value is -1.74. The summed E-state index contributed by atoms with van der Waals surface area (Å²) < 4.78 is 24.5. The van der Waals surface area contributed by atoms with Gasteiger partial charge in [-0.25, -0.2) is 13.2 Å². The molecule has 1 aromatic carbocycles. The molecular weight excluding hydrogens is 386 g/mol. The maximum atomic E-state index is 12.2. The van der Waals surface area contributed by atoms with E-state index >= 15 is 0 Å². The maximum Gasteiger partial charge on any atom is 0.315 e. The first kappa shape index (κ1) is 20.0. The predicted octanol–water partition coefficient (Wildman–Crippen LogP) is 1.30. The molecular formula is C18H25N3O4S2. The largest absolute Gasteiger partial charge is 0.355 e. The third kappa shape index (κ3) is 5.38. The fourth-order valence-electron chi connectivity index (χ4n) is 3.60. The van der Waals surface area contributed by atoms with Crippen molar-refractivity contribution >= 4 is 33.5 Å². The maximum absolute atomic E-state index is 12.2. The van der Waals surface area contributed by atoms with Gasteiger partial charge in [0.2, 0.25) is 5.91 Å². The lowest BCUT2D eigenvalue weighted by atomic mass is 10.0. The lowest BCUT2D eigenvalue weighted by molar-refractivity contribution is -0.121. The molecule has 0 saturated carbocycles. The zero-order valence-corrected chi connectivity index (χ0v) is 16.7. The molecule has 2 aliphatic rings. The standard InChI is InChI=1S/C18H25N3O4S2/c22-16(19-10-11-26-13-6-2-1-3-7-13)9-5-4-8-15-17-14(12-27(15,24)25)20-18(23)21-17/h1-3,6-7,14-15,17H,4-5,8-12H2,(H,19,22)(H2,20,21,23)/t14-,15+,17+/m0/s1. The molecule has 0 aromatic heterocycles. The molecule has 2 fully saturated rings. The minimum Gasteiger partial charge on any atom is -0.355 e. The SMILES string of the molecule is O=C(CCCC[C@@H]1[C@@H]2NC(=O)N[C@H]2CS1(=O)=O)NCCSc1ccccc1. The van der Waals surface area contributed by atoms with Gasteiger partial charge >= 0.3 is 6.03 Å². The zero-order chi connectivity index (χ0) is 19.3. The number of amides is 3. The molecule has 3 N–H and O–H groups in total. The van der Waals surface area contributed by atoms with Gasteiger partial charge in [-0.15, -0.1) is 11.8 Å². The quantitative estimate of drug-likeness (QED) is 0.323. The molecule has 0 radical (unpaired) electrons. The molecule has 3 amide bonds. The normalized spacial score (nSPS) is 25.5. The number of fused-ring (bicyclic) bond motifs is 1. The molecule has 9 heteroatoms. The van der Waals surface area contributed by atoms with E-state index in [1.54, 1.807) is 11.8 Å². The van der Waals surface area contributed by atoms with Gasteiger partial charge in [-0.3, -0.25) is 4.79 Å². The summed E-state index contributed by atoms with van der Waals surface area (Å²) in [5.41, 5.74) is 0. The van der Waals surface area contributed by atoms with Crippen LogP contribution in [0.25, 0.3) is 0 Å². The van der Waals surface area contributed by atoms with Crippen molar-refractivity contribution in [2.24, 2.45) is 0 Å².